The van der Waals surface area contributed by atoms with E-state index in [2.05, 4.69) is 4.74 Å². The van der Waals surface area contributed by atoms with Gasteiger partial charge in [-0.1, -0.05) is 42.5 Å². The summed E-state index contributed by atoms with van der Waals surface area (Å²) in [5.41, 5.74) is -0.779. The van der Waals surface area contributed by atoms with E-state index in [4.69, 9.17) is 9.47 Å². The van der Waals surface area contributed by atoms with E-state index in [-0.39, 0.29) is 6.79 Å². The molecule has 0 unspecified atom stereocenters. The second-order valence-corrected chi connectivity index (χ2v) is 4.41. The fourth-order valence-corrected chi connectivity index (χ4v) is 1.91. The fourth-order valence-electron chi connectivity index (χ4n) is 1.91. The third-order valence-corrected chi connectivity index (χ3v) is 3.03. The molecule has 1 aliphatic carbocycles. The maximum Gasteiger partial charge on any atom is 0.350 e. The minimum Gasteiger partial charge on any atom is -0.466 e. The molecule has 0 saturated carbocycles. The summed E-state index contributed by atoms with van der Waals surface area (Å²) in [6.07, 6.45) is 5.74. The van der Waals surface area contributed by atoms with E-state index in [0.29, 0.717) is 6.61 Å². The molecule has 0 N–H and O–H groups in total. The van der Waals surface area contributed by atoms with E-state index in [9.17, 15) is 9.59 Å². The van der Waals surface area contributed by atoms with Crippen LogP contribution in [0.5, 0.6) is 0 Å². The van der Waals surface area contributed by atoms with Crippen LogP contribution in [-0.2, 0) is 30.4 Å². The highest BCUT2D eigenvalue weighted by molar-refractivity contribution is 6.15. The number of methoxy groups -OCH3 is 1. The lowest BCUT2D eigenvalue weighted by Gasteiger charge is -2.26. The van der Waals surface area contributed by atoms with Gasteiger partial charge in [0, 0.05) is 0 Å². The monoisotopic (exact) mass is 288 g/mol. The summed E-state index contributed by atoms with van der Waals surface area (Å²) in [5.74, 6) is -1.25. The number of allylic oxidation sites excluding steroid dienone is 2. The Labute approximate surface area is 122 Å². The van der Waals surface area contributed by atoms with Crippen molar-refractivity contribution in [1.29, 1.82) is 0 Å². The zero-order chi connectivity index (χ0) is 15.1. The van der Waals surface area contributed by atoms with Crippen molar-refractivity contribution in [1.82, 2.24) is 0 Å². The minimum atomic E-state index is -1.75. The Balaban J connectivity index is 1.95. The standard InChI is InChI=1S/C16H16O5/c1-19-15(18)16(10-6-5-9-14(16)17)21-12-20-11-13-7-3-2-4-8-13/h2-10H,11-12H2,1H3/t16-/m0/s1. The van der Waals surface area contributed by atoms with Crippen LogP contribution in [0.3, 0.4) is 0 Å². The number of carbonyl (C=O) groups is 2. The number of hydrogen-bond acceptors (Lipinski definition) is 5. The van der Waals surface area contributed by atoms with Gasteiger partial charge in [-0.2, -0.15) is 0 Å². The molecule has 0 aromatic heterocycles. The molecule has 0 fully saturated rings. The predicted octanol–water partition coefficient (Wildman–Crippen LogP) is 1.78. The lowest BCUT2D eigenvalue weighted by molar-refractivity contribution is -0.182. The van der Waals surface area contributed by atoms with E-state index < -0.39 is 17.4 Å². The van der Waals surface area contributed by atoms with Crippen LogP contribution in [0.1, 0.15) is 5.56 Å². The number of carbonyl (C=O) groups excluding carboxylic acids is 2. The average Bonchev–Trinajstić information content (AvgIpc) is 2.53. The summed E-state index contributed by atoms with van der Waals surface area (Å²) in [5, 5.41) is 0. The third-order valence-electron chi connectivity index (χ3n) is 3.03. The first kappa shape index (κ1) is 15.2. The molecule has 1 aliphatic rings. The van der Waals surface area contributed by atoms with Crippen molar-refractivity contribution < 1.29 is 23.8 Å². The van der Waals surface area contributed by atoms with Crippen LogP contribution in [0, 0.1) is 0 Å². The van der Waals surface area contributed by atoms with Crippen molar-refractivity contribution in [3.8, 4) is 0 Å². The van der Waals surface area contributed by atoms with Crippen molar-refractivity contribution in [2.45, 2.75) is 12.2 Å². The molecule has 0 bridgehead atoms. The first-order valence-corrected chi connectivity index (χ1v) is 6.43. The van der Waals surface area contributed by atoms with Gasteiger partial charge in [0.2, 0.25) is 11.4 Å². The lowest BCUT2D eigenvalue weighted by Crippen LogP contribution is -2.48. The van der Waals surface area contributed by atoms with Crippen LogP contribution in [0.15, 0.2) is 54.6 Å². The zero-order valence-electron chi connectivity index (χ0n) is 11.7. The molecule has 1 aromatic carbocycles. The van der Waals surface area contributed by atoms with Crippen molar-refractivity contribution in [3.05, 3.63) is 60.2 Å². The Bertz CT molecular complexity index is 561. The molecule has 5 nitrogen and oxygen atoms in total. The SMILES string of the molecule is COC(=O)[C@]1(OCOCc2ccccc2)C=CC=CC1=O. The van der Waals surface area contributed by atoms with Crippen LogP contribution in [0.25, 0.3) is 0 Å². The summed E-state index contributed by atoms with van der Waals surface area (Å²) < 4.78 is 15.4. The van der Waals surface area contributed by atoms with E-state index >= 15 is 0 Å². The zero-order valence-corrected chi connectivity index (χ0v) is 11.7. The maximum atomic E-state index is 12.0. The van der Waals surface area contributed by atoms with Gasteiger partial charge >= 0.3 is 5.97 Å². The molecule has 0 saturated heterocycles. The Morgan fingerprint density at radius 2 is 1.95 bits per heavy atom. The summed E-state index contributed by atoms with van der Waals surface area (Å²) in [4.78, 5) is 23.8. The van der Waals surface area contributed by atoms with E-state index in [0.717, 1.165) is 5.56 Å². The second-order valence-electron chi connectivity index (χ2n) is 4.41. The van der Waals surface area contributed by atoms with Gasteiger partial charge in [-0.05, 0) is 17.7 Å². The Hall–Kier alpha value is -2.24. The number of ketones is 1. The molecule has 0 spiro atoms. The smallest absolute Gasteiger partial charge is 0.350 e. The molecule has 0 radical (unpaired) electrons. The quantitative estimate of drug-likeness (QED) is 0.345. The highest BCUT2D eigenvalue weighted by atomic mass is 16.7. The molecule has 1 aromatic rings. The van der Waals surface area contributed by atoms with Gasteiger partial charge < -0.3 is 14.2 Å². The molecule has 0 aliphatic heterocycles. The molecule has 5 heteroatoms. The number of benzene rings is 1. The van der Waals surface area contributed by atoms with Crippen LogP contribution < -0.4 is 0 Å². The summed E-state index contributed by atoms with van der Waals surface area (Å²) in [7, 11) is 1.21. The Morgan fingerprint density at radius 1 is 1.19 bits per heavy atom. The van der Waals surface area contributed by atoms with E-state index in [1.165, 1.54) is 25.3 Å². The minimum absolute atomic E-state index is 0.200. The number of rotatable bonds is 6. The van der Waals surface area contributed by atoms with Crippen molar-refractivity contribution in [2.75, 3.05) is 13.9 Å². The van der Waals surface area contributed by atoms with E-state index in [1.807, 2.05) is 30.3 Å². The van der Waals surface area contributed by atoms with Crippen LogP contribution in [0.4, 0.5) is 0 Å². The summed E-state index contributed by atoms with van der Waals surface area (Å²) in [6, 6.07) is 9.51. The molecule has 1 atom stereocenters. The van der Waals surface area contributed by atoms with Gasteiger partial charge in [0.1, 0.15) is 6.79 Å². The molecule has 2 rings (SSSR count). The third kappa shape index (κ3) is 3.45. The first-order valence-electron chi connectivity index (χ1n) is 6.43. The lowest BCUT2D eigenvalue weighted by atomic mass is 9.94. The van der Waals surface area contributed by atoms with Gasteiger partial charge in [-0.3, -0.25) is 4.79 Å². The summed E-state index contributed by atoms with van der Waals surface area (Å²) >= 11 is 0. The highest BCUT2D eigenvalue weighted by Gasteiger charge is 2.45. The number of ether oxygens (including phenoxy) is 3. The molecular weight excluding hydrogens is 272 g/mol. The Kier molecular flexibility index (Phi) is 5.03. The topological polar surface area (TPSA) is 61.8 Å². The largest absolute Gasteiger partial charge is 0.466 e. The Morgan fingerprint density at radius 3 is 2.62 bits per heavy atom. The molecule has 0 amide bonds. The highest BCUT2D eigenvalue weighted by Crippen LogP contribution is 2.21. The molecule has 0 heterocycles. The number of esters is 1. The van der Waals surface area contributed by atoms with Gasteiger partial charge in [0.05, 0.1) is 13.7 Å². The molecular formula is C16H16O5. The van der Waals surface area contributed by atoms with Crippen LogP contribution in [0.2, 0.25) is 0 Å². The van der Waals surface area contributed by atoms with Crippen LogP contribution in [-0.4, -0.2) is 31.3 Å². The predicted molar refractivity (Wildman–Crippen MR) is 75.2 cm³/mol. The molecule has 21 heavy (non-hydrogen) atoms. The fraction of sp³-hybridized carbons (Fsp3) is 0.250. The van der Waals surface area contributed by atoms with Gasteiger partial charge in [0.15, 0.2) is 0 Å². The first-order chi connectivity index (χ1) is 10.2. The second kappa shape index (κ2) is 6.97. The van der Waals surface area contributed by atoms with Gasteiger partial charge in [0.25, 0.3) is 0 Å². The maximum absolute atomic E-state index is 12.0. The van der Waals surface area contributed by atoms with E-state index in [1.54, 1.807) is 6.08 Å². The number of hydrogen-bond donors (Lipinski definition) is 0. The van der Waals surface area contributed by atoms with Crippen LogP contribution >= 0.6 is 0 Å². The van der Waals surface area contributed by atoms with Crippen molar-refractivity contribution in [2.24, 2.45) is 0 Å². The molecule has 110 valence electrons. The average molecular weight is 288 g/mol. The van der Waals surface area contributed by atoms with Gasteiger partial charge in [-0.25, -0.2) is 4.79 Å². The van der Waals surface area contributed by atoms with Crippen molar-refractivity contribution in [3.63, 3.8) is 0 Å². The normalized spacial score (nSPS) is 20.5. The summed E-state index contributed by atoms with van der Waals surface area (Å²) in [6.45, 7) is 0.125. The van der Waals surface area contributed by atoms with Gasteiger partial charge in [-0.15, -0.1) is 0 Å². The van der Waals surface area contributed by atoms with Crippen molar-refractivity contribution >= 4 is 11.8 Å².